The summed E-state index contributed by atoms with van der Waals surface area (Å²) >= 11 is 1.42. The van der Waals surface area contributed by atoms with Gasteiger partial charge in [-0.05, 0) is 6.07 Å². The highest BCUT2D eigenvalue weighted by molar-refractivity contribution is 7.09. The van der Waals surface area contributed by atoms with Crippen LogP contribution in [0.25, 0.3) is 11.4 Å². The van der Waals surface area contributed by atoms with Gasteiger partial charge in [-0.1, -0.05) is 0 Å². The molecule has 1 N–H and O–H groups in total. The van der Waals surface area contributed by atoms with Gasteiger partial charge in [-0.25, -0.2) is 15.0 Å². The normalized spacial score (nSPS) is 10.2. The van der Waals surface area contributed by atoms with E-state index in [0.717, 1.165) is 11.4 Å². The molecule has 0 spiro atoms. The first-order chi connectivity index (χ1) is 6.40. The van der Waals surface area contributed by atoms with Crippen LogP contribution in [0.3, 0.4) is 0 Å². The molecule has 2 heterocycles. The lowest BCUT2D eigenvalue weighted by Crippen LogP contribution is -1.85. The molecule has 0 amide bonds. The van der Waals surface area contributed by atoms with E-state index in [1.807, 2.05) is 5.38 Å². The zero-order chi connectivity index (χ0) is 9.10. The van der Waals surface area contributed by atoms with E-state index in [9.17, 15) is 0 Å². The number of thiazole rings is 1. The van der Waals surface area contributed by atoms with Gasteiger partial charge in [0.25, 0.3) is 0 Å². The summed E-state index contributed by atoms with van der Waals surface area (Å²) in [5.74, 6) is 0. The van der Waals surface area contributed by atoms with Crippen molar-refractivity contribution in [2.45, 2.75) is 6.61 Å². The second-order valence-electron chi connectivity index (χ2n) is 2.38. The van der Waals surface area contributed by atoms with Crippen LogP contribution >= 0.6 is 11.3 Å². The maximum Gasteiger partial charge on any atom is 0.119 e. The standard InChI is InChI=1S/C8H7N3OS/c12-3-8-11-7(4-13-8)6-1-2-9-5-10-6/h1-2,4-5,12H,3H2. The van der Waals surface area contributed by atoms with Gasteiger partial charge in [0, 0.05) is 11.6 Å². The first-order valence-corrected chi connectivity index (χ1v) is 4.60. The third-order valence-corrected chi connectivity index (χ3v) is 2.36. The molecule has 0 aliphatic rings. The highest BCUT2D eigenvalue weighted by Crippen LogP contribution is 2.18. The van der Waals surface area contributed by atoms with Crippen LogP contribution in [-0.2, 0) is 6.61 Å². The molecule has 13 heavy (non-hydrogen) atoms. The van der Waals surface area contributed by atoms with E-state index in [1.54, 1.807) is 12.3 Å². The smallest absolute Gasteiger partial charge is 0.119 e. The Morgan fingerprint density at radius 1 is 1.38 bits per heavy atom. The topological polar surface area (TPSA) is 58.9 Å². The van der Waals surface area contributed by atoms with Gasteiger partial charge < -0.3 is 5.11 Å². The molecule has 2 aromatic rings. The van der Waals surface area contributed by atoms with Gasteiger partial charge in [0.05, 0.1) is 12.3 Å². The molecule has 0 saturated carbocycles. The van der Waals surface area contributed by atoms with Gasteiger partial charge in [0.1, 0.15) is 17.0 Å². The lowest BCUT2D eigenvalue weighted by atomic mass is 10.3. The fraction of sp³-hybridized carbons (Fsp3) is 0.125. The molecular formula is C8H7N3OS. The third-order valence-electron chi connectivity index (χ3n) is 1.53. The number of nitrogens with zero attached hydrogens (tertiary/aromatic N) is 3. The number of aromatic nitrogens is 3. The summed E-state index contributed by atoms with van der Waals surface area (Å²) < 4.78 is 0. The molecule has 0 bridgehead atoms. The highest BCUT2D eigenvalue weighted by atomic mass is 32.1. The van der Waals surface area contributed by atoms with Crippen LogP contribution in [0.15, 0.2) is 24.0 Å². The maximum atomic E-state index is 8.81. The van der Waals surface area contributed by atoms with Gasteiger partial charge in [-0.2, -0.15) is 0 Å². The molecule has 0 aliphatic heterocycles. The maximum absolute atomic E-state index is 8.81. The minimum absolute atomic E-state index is 0.0181. The Labute approximate surface area is 78.9 Å². The molecule has 2 rings (SSSR count). The number of hydrogen-bond donors (Lipinski definition) is 1. The van der Waals surface area contributed by atoms with Crippen molar-refractivity contribution in [3.63, 3.8) is 0 Å². The lowest BCUT2D eigenvalue weighted by Gasteiger charge is -1.91. The Morgan fingerprint density at radius 3 is 2.92 bits per heavy atom. The Bertz CT molecular complexity index is 387. The van der Waals surface area contributed by atoms with Gasteiger partial charge in [0.15, 0.2) is 0 Å². The Morgan fingerprint density at radius 2 is 2.31 bits per heavy atom. The molecule has 5 heteroatoms. The molecule has 0 aliphatic carbocycles. The summed E-state index contributed by atoms with van der Waals surface area (Å²) in [4.78, 5) is 12.0. The van der Waals surface area contributed by atoms with Crippen molar-refractivity contribution < 1.29 is 5.11 Å². The van der Waals surface area contributed by atoms with Crippen LogP contribution < -0.4 is 0 Å². The lowest BCUT2D eigenvalue weighted by molar-refractivity contribution is 0.281. The van der Waals surface area contributed by atoms with Gasteiger partial charge >= 0.3 is 0 Å². The van der Waals surface area contributed by atoms with Crippen molar-refractivity contribution in [1.29, 1.82) is 0 Å². The predicted molar refractivity (Wildman–Crippen MR) is 49.1 cm³/mol. The zero-order valence-corrected chi connectivity index (χ0v) is 7.53. The minimum Gasteiger partial charge on any atom is -0.389 e. The van der Waals surface area contributed by atoms with Crippen molar-refractivity contribution in [3.05, 3.63) is 29.0 Å². The molecular weight excluding hydrogens is 186 g/mol. The van der Waals surface area contributed by atoms with Gasteiger partial charge in [-0.3, -0.25) is 0 Å². The average Bonchev–Trinajstić information content (AvgIpc) is 2.67. The van der Waals surface area contributed by atoms with Gasteiger partial charge in [-0.15, -0.1) is 11.3 Å². The fourth-order valence-corrected chi connectivity index (χ4v) is 1.59. The molecule has 0 unspecified atom stereocenters. The summed E-state index contributed by atoms with van der Waals surface area (Å²) in [5, 5.41) is 11.4. The second-order valence-corrected chi connectivity index (χ2v) is 3.32. The number of aliphatic hydroxyl groups is 1. The summed E-state index contributed by atoms with van der Waals surface area (Å²) in [6, 6.07) is 1.79. The van der Waals surface area contributed by atoms with Crippen molar-refractivity contribution in [2.24, 2.45) is 0 Å². The van der Waals surface area contributed by atoms with Crippen LogP contribution in [0.2, 0.25) is 0 Å². The Balaban J connectivity index is 2.36. The fourth-order valence-electron chi connectivity index (χ4n) is 0.943. The first-order valence-electron chi connectivity index (χ1n) is 3.72. The number of hydrogen-bond acceptors (Lipinski definition) is 5. The van der Waals surface area contributed by atoms with E-state index in [4.69, 9.17) is 5.11 Å². The Hall–Kier alpha value is -1.33. The second kappa shape index (κ2) is 3.59. The van der Waals surface area contributed by atoms with E-state index < -0.39 is 0 Å². The van der Waals surface area contributed by atoms with E-state index >= 15 is 0 Å². The van der Waals surface area contributed by atoms with E-state index in [-0.39, 0.29) is 6.61 Å². The molecule has 0 radical (unpaired) electrons. The summed E-state index contributed by atoms with van der Waals surface area (Å²) in [6.07, 6.45) is 3.15. The third kappa shape index (κ3) is 1.71. The zero-order valence-electron chi connectivity index (χ0n) is 6.71. The van der Waals surface area contributed by atoms with Crippen molar-refractivity contribution in [1.82, 2.24) is 15.0 Å². The first kappa shape index (κ1) is 8.28. The average molecular weight is 193 g/mol. The molecule has 0 atom stereocenters. The summed E-state index contributed by atoms with van der Waals surface area (Å²) in [7, 11) is 0. The van der Waals surface area contributed by atoms with E-state index in [1.165, 1.54) is 17.7 Å². The molecule has 66 valence electrons. The predicted octanol–water partition coefficient (Wildman–Crippen LogP) is 1.09. The molecule has 0 aromatic carbocycles. The number of aliphatic hydroxyl groups excluding tert-OH is 1. The molecule has 4 nitrogen and oxygen atoms in total. The van der Waals surface area contributed by atoms with Crippen LogP contribution in [0.5, 0.6) is 0 Å². The van der Waals surface area contributed by atoms with Crippen molar-refractivity contribution >= 4 is 11.3 Å². The molecule has 0 saturated heterocycles. The summed E-state index contributed by atoms with van der Waals surface area (Å²) in [6.45, 7) is -0.0181. The van der Waals surface area contributed by atoms with Crippen molar-refractivity contribution in [2.75, 3.05) is 0 Å². The SMILES string of the molecule is OCc1nc(-c2ccncn2)cs1. The van der Waals surface area contributed by atoms with Crippen LogP contribution in [-0.4, -0.2) is 20.1 Å². The monoisotopic (exact) mass is 193 g/mol. The summed E-state index contributed by atoms with van der Waals surface area (Å²) in [5.41, 5.74) is 1.57. The van der Waals surface area contributed by atoms with E-state index in [2.05, 4.69) is 15.0 Å². The van der Waals surface area contributed by atoms with Crippen molar-refractivity contribution in [3.8, 4) is 11.4 Å². The quantitative estimate of drug-likeness (QED) is 0.775. The Kier molecular flexibility index (Phi) is 2.29. The highest BCUT2D eigenvalue weighted by Gasteiger charge is 2.03. The molecule has 2 aromatic heterocycles. The largest absolute Gasteiger partial charge is 0.389 e. The van der Waals surface area contributed by atoms with Crippen LogP contribution in [0, 0.1) is 0 Å². The minimum atomic E-state index is -0.0181. The number of rotatable bonds is 2. The van der Waals surface area contributed by atoms with E-state index in [0.29, 0.717) is 5.01 Å². The van der Waals surface area contributed by atoms with Crippen LogP contribution in [0.4, 0.5) is 0 Å². The van der Waals surface area contributed by atoms with Crippen LogP contribution in [0.1, 0.15) is 5.01 Å². The molecule has 0 fully saturated rings. The van der Waals surface area contributed by atoms with Gasteiger partial charge in [0.2, 0.25) is 0 Å².